The van der Waals surface area contributed by atoms with E-state index in [9.17, 15) is 4.79 Å². The van der Waals surface area contributed by atoms with E-state index in [2.05, 4.69) is 44.8 Å². The number of hydrogen-bond acceptors (Lipinski definition) is 3. The molecule has 0 amide bonds. The fourth-order valence-electron chi connectivity index (χ4n) is 4.09. The lowest BCUT2D eigenvalue weighted by atomic mass is 9.63. The zero-order chi connectivity index (χ0) is 19.4. The Morgan fingerprint density at radius 1 is 1.00 bits per heavy atom. The number of nitrogens with one attached hydrogen (secondary N) is 1. The first kappa shape index (κ1) is 17.8. The van der Waals surface area contributed by atoms with Crippen LogP contribution < -0.4 is 0 Å². The van der Waals surface area contributed by atoms with Crippen LogP contribution in [0.15, 0.2) is 36.4 Å². The number of H-pyrrole nitrogens is 1. The largest absolute Gasteiger partial charge is 0.465 e. The number of hydrogen-bond donors (Lipinski definition) is 1. The summed E-state index contributed by atoms with van der Waals surface area (Å²) in [5.74, 6) is 0.489. The van der Waals surface area contributed by atoms with E-state index in [1.807, 2.05) is 12.1 Å². The van der Waals surface area contributed by atoms with E-state index in [1.165, 1.54) is 31.1 Å². The van der Waals surface area contributed by atoms with Gasteiger partial charge in [0.2, 0.25) is 0 Å². The summed E-state index contributed by atoms with van der Waals surface area (Å²) in [6, 6.07) is 11.9. The highest BCUT2D eigenvalue weighted by molar-refractivity contribution is 5.90. The molecule has 0 spiro atoms. The van der Waals surface area contributed by atoms with Gasteiger partial charge in [-0.2, -0.15) is 0 Å². The zero-order valence-corrected chi connectivity index (χ0v) is 16.6. The van der Waals surface area contributed by atoms with Crippen LogP contribution in [0.4, 0.5) is 0 Å². The van der Waals surface area contributed by atoms with Crippen molar-refractivity contribution in [3.63, 3.8) is 0 Å². The number of esters is 1. The van der Waals surface area contributed by atoms with Crippen molar-refractivity contribution < 1.29 is 9.53 Å². The third kappa shape index (κ3) is 2.93. The van der Waals surface area contributed by atoms with Crippen molar-refractivity contribution in [3.05, 3.63) is 53.1 Å². The van der Waals surface area contributed by atoms with E-state index in [0.29, 0.717) is 5.56 Å². The summed E-state index contributed by atoms with van der Waals surface area (Å²) in [4.78, 5) is 19.9. The first-order valence-corrected chi connectivity index (χ1v) is 9.45. The van der Waals surface area contributed by atoms with E-state index in [-0.39, 0.29) is 16.8 Å². The van der Waals surface area contributed by atoms with E-state index < -0.39 is 0 Å². The van der Waals surface area contributed by atoms with E-state index in [0.717, 1.165) is 22.4 Å². The van der Waals surface area contributed by atoms with E-state index in [1.54, 1.807) is 12.1 Å². The van der Waals surface area contributed by atoms with Crippen molar-refractivity contribution in [1.82, 2.24) is 9.97 Å². The molecule has 0 bridgehead atoms. The molecule has 27 heavy (non-hydrogen) atoms. The predicted molar refractivity (Wildman–Crippen MR) is 108 cm³/mol. The number of imidazole rings is 1. The number of nitrogens with zero attached hydrogens (tertiary/aromatic N) is 1. The minimum absolute atomic E-state index is 0.167. The van der Waals surface area contributed by atoms with Crippen molar-refractivity contribution in [2.45, 2.75) is 51.4 Å². The van der Waals surface area contributed by atoms with Gasteiger partial charge in [0, 0.05) is 5.56 Å². The molecule has 0 saturated heterocycles. The molecule has 4 rings (SSSR count). The van der Waals surface area contributed by atoms with Crippen LogP contribution in [0.2, 0.25) is 0 Å². The summed E-state index contributed by atoms with van der Waals surface area (Å²) >= 11 is 0. The highest BCUT2D eigenvalue weighted by Crippen LogP contribution is 2.46. The van der Waals surface area contributed by atoms with Gasteiger partial charge in [-0.25, -0.2) is 9.78 Å². The predicted octanol–water partition coefficient (Wildman–Crippen LogP) is 5.37. The number of carbonyl (C=O) groups excluding carboxylic acids is 1. The van der Waals surface area contributed by atoms with Crippen LogP contribution >= 0.6 is 0 Å². The number of methoxy groups -OCH3 is 1. The van der Waals surface area contributed by atoms with Gasteiger partial charge in [-0.05, 0) is 59.1 Å². The van der Waals surface area contributed by atoms with Crippen LogP contribution in [-0.4, -0.2) is 23.0 Å². The molecule has 1 aliphatic carbocycles. The smallest absolute Gasteiger partial charge is 0.337 e. The maximum absolute atomic E-state index is 11.6. The summed E-state index contributed by atoms with van der Waals surface area (Å²) in [5, 5.41) is 0. The minimum Gasteiger partial charge on any atom is -0.465 e. The number of aromatic amines is 1. The van der Waals surface area contributed by atoms with Crippen LogP contribution in [0, 0.1) is 0 Å². The second-order valence-corrected chi connectivity index (χ2v) is 8.84. The van der Waals surface area contributed by atoms with Crippen molar-refractivity contribution in [2.24, 2.45) is 0 Å². The van der Waals surface area contributed by atoms with Crippen LogP contribution in [0.5, 0.6) is 0 Å². The van der Waals surface area contributed by atoms with Gasteiger partial charge >= 0.3 is 5.97 Å². The lowest BCUT2D eigenvalue weighted by Crippen LogP contribution is -2.33. The molecule has 1 aliphatic rings. The molecule has 1 aromatic heterocycles. The molecule has 140 valence electrons. The SMILES string of the molecule is COC(=O)c1ccc(-c2nc3cc4c(cc3[nH]2)C(C)(C)CCC4(C)C)cc1. The van der Waals surface area contributed by atoms with E-state index >= 15 is 0 Å². The average Bonchev–Trinajstić information content (AvgIpc) is 3.07. The molecular formula is C23H26N2O2. The maximum Gasteiger partial charge on any atom is 0.337 e. The number of aromatic nitrogens is 2. The quantitative estimate of drug-likeness (QED) is 0.624. The fourth-order valence-corrected chi connectivity index (χ4v) is 4.09. The van der Waals surface area contributed by atoms with Gasteiger partial charge < -0.3 is 9.72 Å². The van der Waals surface area contributed by atoms with Gasteiger partial charge in [0.1, 0.15) is 5.82 Å². The number of rotatable bonds is 2. The number of fused-ring (bicyclic) bond motifs is 2. The average molecular weight is 362 g/mol. The van der Waals surface area contributed by atoms with Gasteiger partial charge in [-0.15, -0.1) is 0 Å². The molecule has 0 radical (unpaired) electrons. The molecular weight excluding hydrogens is 336 g/mol. The van der Waals surface area contributed by atoms with Gasteiger partial charge in [0.15, 0.2) is 0 Å². The van der Waals surface area contributed by atoms with Crippen LogP contribution in [0.3, 0.4) is 0 Å². The Kier molecular flexibility index (Phi) is 3.91. The minimum atomic E-state index is -0.330. The van der Waals surface area contributed by atoms with E-state index in [4.69, 9.17) is 9.72 Å². The first-order chi connectivity index (χ1) is 12.7. The van der Waals surface area contributed by atoms with Crippen molar-refractivity contribution in [2.75, 3.05) is 7.11 Å². The Morgan fingerprint density at radius 2 is 1.59 bits per heavy atom. The van der Waals surface area contributed by atoms with Crippen molar-refractivity contribution >= 4 is 17.0 Å². The molecule has 0 aliphatic heterocycles. The molecule has 0 fully saturated rings. The second kappa shape index (κ2) is 5.95. The lowest BCUT2D eigenvalue weighted by Gasteiger charge is -2.41. The molecule has 4 nitrogen and oxygen atoms in total. The van der Waals surface area contributed by atoms with Gasteiger partial charge in [-0.1, -0.05) is 39.8 Å². The molecule has 4 heteroatoms. The topological polar surface area (TPSA) is 55.0 Å². The summed E-state index contributed by atoms with van der Waals surface area (Å²) in [6.45, 7) is 9.31. The monoisotopic (exact) mass is 362 g/mol. The van der Waals surface area contributed by atoms with Crippen LogP contribution in [0.1, 0.15) is 62.0 Å². The molecule has 0 saturated carbocycles. The number of benzene rings is 2. The zero-order valence-electron chi connectivity index (χ0n) is 16.6. The Balaban J connectivity index is 1.80. The number of carbonyl (C=O) groups is 1. The summed E-state index contributed by atoms with van der Waals surface area (Å²) in [7, 11) is 1.39. The Labute approximate surface area is 160 Å². The second-order valence-electron chi connectivity index (χ2n) is 8.84. The molecule has 2 aromatic carbocycles. The first-order valence-electron chi connectivity index (χ1n) is 9.45. The van der Waals surface area contributed by atoms with Crippen molar-refractivity contribution in [1.29, 1.82) is 0 Å². The maximum atomic E-state index is 11.6. The normalized spacial score (nSPS) is 17.5. The number of ether oxygens (including phenoxy) is 1. The summed E-state index contributed by atoms with van der Waals surface area (Å²) < 4.78 is 4.76. The van der Waals surface area contributed by atoms with Gasteiger partial charge in [0.25, 0.3) is 0 Å². The Morgan fingerprint density at radius 3 is 2.19 bits per heavy atom. The molecule has 3 aromatic rings. The molecule has 1 N–H and O–H groups in total. The highest BCUT2D eigenvalue weighted by atomic mass is 16.5. The molecule has 0 unspecified atom stereocenters. The molecule has 0 atom stereocenters. The fraction of sp³-hybridized carbons (Fsp3) is 0.391. The summed E-state index contributed by atoms with van der Waals surface area (Å²) in [5.41, 5.74) is 6.71. The Bertz CT molecular complexity index is 973. The van der Waals surface area contributed by atoms with Crippen LogP contribution in [0.25, 0.3) is 22.4 Å². The lowest BCUT2D eigenvalue weighted by molar-refractivity contribution is 0.0601. The van der Waals surface area contributed by atoms with Gasteiger partial charge in [0.05, 0.1) is 23.7 Å². The van der Waals surface area contributed by atoms with Crippen LogP contribution in [-0.2, 0) is 15.6 Å². The Hall–Kier alpha value is -2.62. The van der Waals surface area contributed by atoms with Crippen molar-refractivity contribution in [3.8, 4) is 11.4 Å². The molecule has 1 heterocycles. The standard InChI is InChI=1S/C23H26N2O2/c1-22(2)10-11-23(3,4)17-13-19-18(12-16(17)22)24-20(25-19)14-6-8-15(9-7-14)21(26)27-5/h6-9,12-13H,10-11H2,1-5H3,(H,24,25). The van der Waals surface area contributed by atoms with Gasteiger partial charge in [-0.3, -0.25) is 0 Å². The third-order valence-corrected chi connectivity index (χ3v) is 6.03. The third-order valence-electron chi connectivity index (χ3n) is 6.03. The highest BCUT2D eigenvalue weighted by Gasteiger charge is 2.37. The summed E-state index contributed by atoms with van der Waals surface area (Å²) in [6.07, 6.45) is 2.37.